The van der Waals surface area contributed by atoms with Gasteiger partial charge in [-0.2, -0.15) is 0 Å². The summed E-state index contributed by atoms with van der Waals surface area (Å²) in [7, 11) is 1.34. The van der Waals surface area contributed by atoms with Crippen LogP contribution in [0, 0.1) is 0 Å². The van der Waals surface area contributed by atoms with Crippen LogP contribution < -0.4 is 5.32 Å². The normalized spacial score (nSPS) is 11.8. The minimum Gasteiger partial charge on any atom is -0.467 e. The first-order chi connectivity index (χ1) is 9.60. The number of ether oxygens (including phenoxy) is 1. The number of halogens is 2. The molecule has 0 aliphatic carbocycles. The molecule has 0 radical (unpaired) electrons. The predicted octanol–water partition coefficient (Wildman–Crippen LogP) is 3.82. The molecule has 0 amide bonds. The fraction of sp³-hybridized carbons (Fsp3) is 0.143. The number of nitrogens with one attached hydrogen (secondary N) is 1. The quantitative estimate of drug-likeness (QED) is 0.847. The molecule has 1 heterocycles. The molecule has 0 aliphatic rings. The summed E-state index contributed by atoms with van der Waals surface area (Å²) in [6.07, 6.45) is 1.63. The number of anilines is 1. The summed E-state index contributed by atoms with van der Waals surface area (Å²) < 4.78 is 5.65. The van der Waals surface area contributed by atoms with Gasteiger partial charge in [0.15, 0.2) is 6.04 Å². The standard InChI is InChI=1S/C14H12BrClN2O2/c1-20-14(19)13(12-6-5-9(15)8-17-12)18-11-4-2-3-10(16)7-11/h2-8,13,18H,1H3. The maximum absolute atomic E-state index is 11.9. The number of benzene rings is 1. The summed E-state index contributed by atoms with van der Waals surface area (Å²) in [5.74, 6) is -0.417. The summed E-state index contributed by atoms with van der Waals surface area (Å²) in [5.41, 5.74) is 1.29. The highest BCUT2D eigenvalue weighted by Gasteiger charge is 2.22. The predicted molar refractivity (Wildman–Crippen MR) is 81.8 cm³/mol. The van der Waals surface area contributed by atoms with Crippen LogP contribution in [-0.2, 0) is 9.53 Å². The molecule has 1 unspecified atom stereocenters. The molecule has 104 valence electrons. The molecular formula is C14H12BrClN2O2. The third-order valence-corrected chi connectivity index (χ3v) is 3.32. The highest BCUT2D eigenvalue weighted by molar-refractivity contribution is 9.10. The average Bonchev–Trinajstić information content (AvgIpc) is 2.45. The van der Waals surface area contributed by atoms with Crippen LogP contribution in [0.1, 0.15) is 11.7 Å². The van der Waals surface area contributed by atoms with Gasteiger partial charge >= 0.3 is 5.97 Å². The molecule has 4 nitrogen and oxygen atoms in total. The van der Waals surface area contributed by atoms with Crippen molar-refractivity contribution < 1.29 is 9.53 Å². The van der Waals surface area contributed by atoms with Crippen molar-refractivity contribution in [2.45, 2.75) is 6.04 Å². The van der Waals surface area contributed by atoms with Crippen molar-refractivity contribution in [2.75, 3.05) is 12.4 Å². The fourth-order valence-electron chi connectivity index (χ4n) is 1.67. The maximum Gasteiger partial charge on any atom is 0.334 e. The lowest BCUT2D eigenvalue weighted by molar-refractivity contribution is -0.141. The molecule has 0 spiro atoms. The molecule has 0 bridgehead atoms. The van der Waals surface area contributed by atoms with Crippen LogP contribution in [0.2, 0.25) is 5.02 Å². The van der Waals surface area contributed by atoms with E-state index in [2.05, 4.69) is 26.2 Å². The first-order valence-electron chi connectivity index (χ1n) is 5.81. The van der Waals surface area contributed by atoms with E-state index in [0.717, 1.165) is 10.2 Å². The van der Waals surface area contributed by atoms with Gasteiger partial charge in [-0.05, 0) is 46.3 Å². The van der Waals surface area contributed by atoms with Crippen LogP contribution in [0.5, 0.6) is 0 Å². The zero-order chi connectivity index (χ0) is 14.5. The third-order valence-electron chi connectivity index (χ3n) is 2.62. The van der Waals surface area contributed by atoms with E-state index in [1.54, 1.807) is 30.5 Å². The van der Waals surface area contributed by atoms with E-state index in [1.807, 2.05) is 12.1 Å². The van der Waals surface area contributed by atoms with E-state index in [1.165, 1.54) is 7.11 Å². The lowest BCUT2D eigenvalue weighted by Crippen LogP contribution is -2.23. The summed E-state index contributed by atoms with van der Waals surface area (Å²) in [6.45, 7) is 0. The summed E-state index contributed by atoms with van der Waals surface area (Å²) in [6, 6.07) is 10.00. The van der Waals surface area contributed by atoms with Crippen LogP contribution in [0.15, 0.2) is 47.1 Å². The Labute approximate surface area is 130 Å². The Morgan fingerprint density at radius 2 is 2.20 bits per heavy atom. The van der Waals surface area contributed by atoms with Gasteiger partial charge in [0.05, 0.1) is 12.8 Å². The molecule has 1 atom stereocenters. The van der Waals surface area contributed by atoms with Crippen molar-refractivity contribution in [3.05, 3.63) is 57.8 Å². The minimum atomic E-state index is -0.688. The number of carbonyl (C=O) groups is 1. The van der Waals surface area contributed by atoms with Gasteiger partial charge < -0.3 is 10.1 Å². The molecule has 0 fully saturated rings. The summed E-state index contributed by atoms with van der Waals surface area (Å²) in [4.78, 5) is 16.1. The van der Waals surface area contributed by atoms with Gasteiger partial charge in [-0.15, -0.1) is 0 Å². The highest BCUT2D eigenvalue weighted by Crippen LogP contribution is 2.22. The zero-order valence-electron chi connectivity index (χ0n) is 10.6. The largest absolute Gasteiger partial charge is 0.467 e. The van der Waals surface area contributed by atoms with Crippen molar-refractivity contribution >= 4 is 39.2 Å². The maximum atomic E-state index is 11.9. The van der Waals surface area contributed by atoms with Crippen LogP contribution >= 0.6 is 27.5 Å². The molecule has 2 rings (SSSR count). The molecule has 20 heavy (non-hydrogen) atoms. The number of hydrogen-bond acceptors (Lipinski definition) is 4. The molecular weight excluding hydrogens is 344 g/mol. The lowest BCUT2D eigenvalue weighted by atomic mass is 10.1. The Kier molecular flexibility index (Phi) is 4.98. The van der Waals surface area contributed by atoms with E-state index < -0.39 is 12.0 Å². The Bertz CT molecular complexity index is 604. The second-order valence-corrected chi connectivity index (χ2v) is 5.36. The van der Waals surface area contributed by atoms with Gasteiger partial charge in [0, 0.05) is 21.4 Å². The zero-order valence-corrected chi connectivity index (χ0v) is 13.0. The number of esters is 1. The minimum absolute atomic E-state index is 0.417. The monoisotopic (exact) mass is 354 g/mol. The van der Waals surface area contributed by atoms with Gasteiger partial charge in [-0.1, -0.05) is 17.7 Å². The number of aromatic nitrogens is 1. The topological polar surface area (TPSA) is 51.2 Å². The average molecular weight is 356 g/mol. The highest BCUT2D eigenvalue weighted by atomic mass is 79.9. The van der Waals surface area contributed by atoms with Crippen molar-refractivity contribution in [2.24, 2.45) is 0 Å². The fourth-order valence-corrected chi connectivity index (χ4v) is 2.10. The van der Waals surface area contributed by atoms with E-state index >= 15 is 0 Å². The Balaban J connectivity index is 2.28. The van der Waals surface area contributed by atoms with Gasteiger partial charge in [0.2, 0.25) is 0 Å². The molecule has 0 saturated carbocycles. The molecule has 6 heteroatoms. The smallest absolute Gasteiger partial charge is 0.334 e. The molecule has 1 aromatic heterocycles. The second kappa shape index (κ2) is 6.72. The number of methoxy groups -OCH3 is 1. The molecule has 1 aromatic carbocycles. The van der Waals surface area contributed by atoms with Crippen molar-refractivity contribution in [3.63, 3.8) is 0 Å². The van der Waals surface area contributed by atoms with E-state index in [9.17, 15) is 4.79 Å². The molecule has 1 N–H and O–H groups in total. The first kappa shape index (κ1) is 14.8. The van der Waals surface area contributed by atoms with Crippen LogP contribution in [-0.4, -0.2) is 18.1 Å². The number of hydrogen-bond donors (Lipinski definition) is 1. The molecule has 0 aliphatic heterocycles. The van der Waals surface area contributed by atoms with Gasteiger partial charge in [-0.3, -0.25) is 4.98 Å². The van der Waals surface area contributed by atoms with E-state index in [-0.39, 0.29) is 0 Å². The Hall–Kier alpha value is -1.59. The van der Waals surface area contributed by atoms with Crippen molar-refractivity contribution in [1.29, 1.82) is 0 Å². The SMILES string of the molecule is COC(=O)C(Nc1cccc(Cl)c1)c1ccc(Br)cn1. The van der Waals surface area contributed by atoms with Crippen molar-refractivity contribution in [3.8, 4) is 0 Å². The Morgan fingerprint density at radius 1 is 1.40 bits per heavy atom. The van der Waals surface area contributed by atoms with Gasteiger partial charge in [0.1, 0.15) is 0 Å². The summed E-state index contributed by atoms with van der Waals surface area (Å²) >= 11 is 9.24. The number of pyridine rings is 1. The van der Waals surface area contributed by atoms with Crippen molar-refractivity contribution in [1.82, 2.24) is 4.98 Å². The molecule has 0 saturated heterocycles. The van der Waals surface area contributed by atoms with Gasteiger partial charge in [-0.25, -0.2) is 4.79 Å². The lowest BCUT2D eigenvalue weighted by Gasteiger charge is -2.17. The van der Waals surface area contributed by atoms with E-state index in [0.29, 0.717) is 10.7 Å². The third kappa shape index (κ3) is 3.71. The first-order valence-corrected chi connectivity index (χ1v) is 6.98. The van der Waals surface area contributed by atoms with E-state index in [4.69, 9.17) is 16.3 Å². The Morgan fingerprint density at radius 3 is 2.80 bits per heavy atom. The van der Waals surface area contributed by atoms with Crippen LogP contribution in [0.3, 0.4) is 0 Å². The second-order valence-electron chi connectivity index (χ2n) is 4.01. The number of carbonyl (C=O) groups excluding carboxylic acids is 1. The molecule has 2 aromatic rings. The summed E-state index contributed by atoms with van der Waals surface area (Å²) in [5, 5.41) is 3.66. The number of nitrogens with zero attached hydrogens (tertiary/aromatic N) is 1. The van der Waals surface area contributed by atoms with Gasteiger partial charge in [0.25, 0.3) is 0 Å². The van der Waals surface area contributed by atoms with Crippen LogP contribution in [0.4, 0.5) is 5.69 Å². The van der Waals surface area contributed by atoms with Crippen LogP contribution in [0.25, 0.3) is 0 Å². The number of rotatable bonds is 4.